The highest BCUT2D eigenvalue weighted by atomic mass is 79.9. The fourth-order valence-corrected chi connectivity index (χ4v) is 5.90. The van der Waals surface area contributed by atoms with Crippen molar-refractivity contribution in [3.63, 3.8) is 0 Å². The Balaban J connectivity index is 1.74. The second-order valence-electron chi connectivity index (χ2n) is 7.18. The summed E-state index contributed by atoms with van der Waals surface area (Å²) in [6, 6.07) is 29.1. The van der Waals surface area contributed by atoms with Gasteiger partial charge in [0.2, 0.25) is 0 Å². The number of rotatable bonds is 3. The number of hydrogen-bond acceptors (Lipinski definition) is 2. The van der Waals surface area contributed by atoms with Gasteiger partial charge in [-0.2, -0.15) is 0 Å². The number of benzene rings is 4. The first-order chi connectivity index (χ1) is 14.1. The van der Waals surface area contributed by atoms with Gasteiger partial charge >= 0.3 is 0 Å². The van der Waals surface area contributed by atoms with Gasteiger partial charge < -0.3 is 0 Å². The van der Waals surface area contributed by atoms with Crippen LogP contribution in [0.2, 0.25) is 0 Å². The van der Waals surface area contributed by atoms with Crippen molar-refractivity contribution in [1.29, 1.82) is 0 Å². The van der Waals surface area contributed by atoms with E-state index < -0.39 is 10.0 Å². The molecule has 1 aliphatic heterocycles. The molecule has 0 fully saturated rings. The molecular formula is C24H18BrNO2S. The number of hydrogen-bond donors (Lipinski definition) is 0. The summed E-state index contributed by atoms with van der Waals surface area (Å²) >= 11 is 3.39. The summed E-state index contributed by atoms with van der Waals surface area (Å²) in [4.78, 5) is 0.299. The molecule has 0 aromatic heterocycles. The minimum atomic E-state index is -3.69. The van der Waals surface area contributed by atoms with Crippen LogP contribution < -0.4 is 4.31 Å². The Kier molecular flexibility index (Phi) is 4.45. The van der Waals surface area contributed by atoms with Crippen LogP contribution in [0.3, 0.4) is 0 Å². The first-order valence-electron chi connectivity index (χ1n) is 9.40. The number of fused-ring (bicyclic) bond motifs is 3. The third kappa shape index (κ3) is 3.05. The number of halogens is 1. The zero-order chi connectivity index (χ0) is 20.0. The minimum absolute atomic E-state index is 0.000953. The highest BCUT2D eigenvalue weighted by molar-refractivity contribution is 9.10. The molecule has 29 heavy (non-hydrogen) atoms. The van der Waals surface area contributed by atoms with Crippen molar-refractivity contribution in [2.45, 2.75) is 10.8 Å². The predicted molar refractivity (Wildman–Crippen MR) is 121 cm³/mol. The Hall–Kier alpha value is -2.63. The van der Waals surface area contributed by atoms with E-state index in [-0.39, 0.29) is 5.92 Å². The molecule has 4 aromatic carbocycles. The summed E-state index contributed by atoms with van der Waals surface area (Å²) in [6.45, 7) is 0.395. The maximum absolute atomic E-state index is 13.6. The molecule has 0 saturated carbocycles. The van der Waals surface area contributed by atoms with Crippen molar-refractivity contribution in [2.75, 3.05) is 10.8 Å². The van der Waals surface area contributed by atoms with Crippen molar-refractivity contribution < 1.29 is 8.42 Å². The van der Waals surface area contributed by atoms with Gasteiger partial charge in [-0.05, 0) is 40.8 Å². The Morgan fingerprint density at radius 1 is 0.793 bits per heavy atom. The molecule has 0 bridgehead atoms. The zero-order valence-corrected chi connectivity index (χ0v) is 17.9. The first-order valence-corrected chi connectivity index (χ1v) is 11.6. The van der Waals surface area contributed by atoms with Crippen LogP contribution in [0.4, 0.5) is 5.69 Å². The van der Waals surface area contributed by atoms with E-state index >= 15 is 0 Å². The molecule has 3 nitrogen and oxygen atoms in total. The van der Waals surface area contributed by atoms with Crippen LogP contribution in [0.5, 0.6) is 0 Å². The van der Waals surface area contributed by atoms with Gasteiger partial charge in [0.15, 0.2) is 0 Å². The van der Waals surface area contributed by atoms with Crippen LogP contribution in [0.15, 0.2) is 100 Å². The molecule has 0 saturated heterocycles. The highest BCUT2D eigenvalue weighted by Crippen LogP contribution is 2.46. The van der Waals surface area contributed by atoms with Gasteiger partial charge in [-0.1, -0.05) is 82.7 Å². The Morgan fingerprint density at radius 3 is 2.24 bits per heavy atom. The van der Waals surface area contributed by atoms with Crippen molar-refractivity contribution in [2.24, 2.45) is 0 Å². The lowest BCUT2D eigenvalue weighted by Crippen LogP contribution is -2.30. The zero-order valence-electron chi connectivity index (χ0n) is 15.5. The summed E-state index contributed by atoms with van der Waals surface area (Å²) < 4.78 is 29.7. The maximum atomic E-state index is 13.6. The second-order valence-corrected chi connectivity index (χ2v) is 9.96. The molecule has 5 rings (SSSR count). The van der Waals surface area contributed by atoms with E-state index in [1.54, 1.807) is 28.6 Å². The van der Waals surface area contributed by atoms with Crippen molar-refractivity contribution in [1.82, 2.24) is 0 Å². The molecule has 1 aliphatic rings. The van der Waals surface area contributed by atoms with Crippen LogP contribution in [-0.2, 0) is 10.0 Å². The van der Waals surface area contributed by atoms with Gasteiger partial charge in [-0.25, -0.2) is 8.42 Å². The molecule has 5 heteroatoms. The minimum Gasteiger partial charge on any atom is -0.264 e. The monoisotopic (exact) mass is 463 g/mol. The summed E-state index contributed by atoms with van der Waals surface area (Å²) in [5, 5.41) is 2.00. The van der Waals surface area contributed by atoms with Gasteiger partial charge in [-0.3, -0.25) is 4.31 Å². The summed E-state index contributed by atoms with van der Waals surface area (Å²) in [5.74, 6) is 0.000953. The van der Waals surface area contributed by atoms with Crippen LogP contribution in [0.1, 0.15) is 17.0 Å². The van der Waals surface area contributed by atoms with E-state index in [9.17, 15) is 8.42 Å². The quantitative estimate of drug-likeness (QED) is 0.376. The predicted octanol–water partition coefficient (Wildman–Crippen LogP) is 5.94. The number of nitrogens with zero attached hydrogens (tertiary/aromatic N) is 1. The van der Waals surface area contributed by atoms with Gasteiger partial charge in [0.05, 0.1) is 10.6 Å². The fourth-order valence-electron chi connectivity index (χ4n) is 4.11. The molecule has 0 N–H and O–H groups in total. The molecule has 144 valence electrons. The molecule has 0 unspecified atom stereocenters. The van der Waals surface area contributed by atoms with Gasteiger partial charge in [0.25, 0.3) is 10.0 Å². The average molecular weight is 464 g/mol. The molecule has 1 heterocycles. The van der Waals surface area contributed by atoms with Crippen molar-refractivity contribution in [3.05, 3.63) is 107 Å². The van der Waals surface area contributed by atoms with E-state index in [2.05, 4.69) is 40.2 Å². The summed E-state index contributed by atoms with van der Waals surface area (Å²) in [6.07, 6.45) is 0. The highest BCUT2D eigenvalue weighted by Gasteiger charge is 2.38. The van der Waals surface area contributed by atoms with E-state index in [1.165, 1.54) is 0 Å². The maximum Gasteiger partial charge on any atom is 0.264 e. The third-order valence-corrected chi connectivity index (χ3v) is 7.82. The topological polar surface area (TPSA) is 37.4 Å². The number of anilines is 1. The van der Waals surface area contributed by atoms with Gasteiger partial charge in [0, 0.05) is 22.3 Å². The van der Waals surface area contributed by atoms with E-state index in [0.29, 0.717) is 11.4 Å². The largest absolute Gasteiger partial charge is 0.264 e. The third-order valence-electron chi connectivity index (χ3n) is 5.51. The normalized spacial score (nSPS) is 16.2. The van der Waals surface area contributed by atoms with E-state index in [0.717, 1.165) is 32.1 Å². The number of sulfonamides is 1. The lowest BCUT2D eigenvalue weighted by atomic mass is 9.92. The first kappa shape index (κ1) is 18.4. The lowest BCUT2D eigenvalue weighted by Gasteiger charge is -2.21. The Morgan fingerprint density at radius 2 is 1.48 bits per heavy atom. The smallest absolute Gasteiger partial charge is 0.264 e. The van der Waals surface area contributed by atoms with Crippen LogP contribution in [0, 0.1) is 0 Å². The van der Waals surface area contributed by atoms with Crippen LogP contribution in [-0.4, -0.2) is 15.0 Å². The molecule has 0 spiro atoms. The summed E-state index contributed by atoms with van der Waals surface area (Å²) in [7, 11) is -3.69. The SMILES string of the molecule is O=S(=O)(c1ccc(Br)cc1)N1C[C@@H](c2ccccc2)c2ccc3ccccc3c21. The molecule has 1 atom stereocenters. The Labute approximate surface area is 178 Å². The van der Waals surface area contributed by atoms with Crippen LogP contribution >= 0.6 is 15.9 Å². The summed E-state index contributed by atoms with van der Waals surface area (Å²) in [5.41, 5.74) is 2.97. The van der Waals surface area contributed by atoms with Crippen molar-refractivity contribution in [3.8, 4) is 0 Å². The molecule has 4 aromatic rings. The average Bonchev–Trinajstić information content (AvgIpc) is 3.16. The molecule has 0 amide bonds. The second kappa shape index (κ2) is 7.01. The standard InChI is InChI=1S/C24H18BrNO2S/c25-19-11-13-20(14-12-19)29(27,28)26-16-23(17-6-2-1-3-7-17)22-15-10-18-8-4-5-9-21(18)24(22)26/h1-15,23H,16H2/t23-/m0/s1. The Bertz CT molecular complexity index is 1300. The molecular weight excluding hydrogens is 446 g/mol. The molecule has 0 aliphatic carbocycles. The van der Waals surface area contributed by atoms with E-state index in [4.69, 9.17) is 0 Å². The van der Waals surface area contributed by atoms with Gasteiger partial charge in [-0.15, -0.1) is 0 Å². The van der Waals surface area contributed by atoms with E-state index in [1.807, 2.05) is 42.5 Å². The van der Waals surface area contributed by atoms with Gasteiger partial charge in [0.1, 0.15) is 0 Å². The lowest BCUT2D eigenvalue weighted by molar-refractivity contribution is 0.591. The van der Waals surface area contributed by atoms with Crippen LogP contribution in [0.25, 0.3) is 10.8 Å². The fraction of sp³-hybridized carbons (Fsp3) is 0.0833. The van der Waals surface area contributed by atoms with Crippen molar-refractivity contribution >= 4 is 42.4 Å². The molecule has 0 radical (unpaired) electrons.